The van der Waals surface area contributed by atoms with Gasteiger partial charge in [0.05, 0.1) is 22.8 Å². The molecule has 0 spiro atoms. The van der Waals surface area contributed by atoms with E-state index in [0.717, 1.165) is 27.7 Å². The van der Waals surface area contributed by atoms with Crippen molar-refractivity contribution in [3.8, 4) is 22.8 Å². The van der Waals surface area contributed by atoms with Gasteiger partial charge in [-0.15, -0.1) is 0 Å². The first kappa shape index (κ1) is 13.4. The number of para-hydroxylation sites is 1. The molecule has 0 unspecified atom stereocenters. The zero-order chi connectivity index (χ0) is 16.1. The minimum atomic E-state index is 0.523. The number of fused-ring (bicyclic) bond motifs is 1. The minimum Gasteiger partial charge on any atom is -0.334 e. The zero-order valence-corrected chi connectivity index (χ0v) is 13.2. The first-order valence-corrected chi connectivity index (χ1v) is 8.01. The Morgan fingerprint density at radius 2 is 2.04 bits per heavy atom. The Labute approximate surface area is 138 Å². The van der Waals surface area contributed by atoms with Gasteiger partial charge in [0.1, 0.15) is 0 Å². The fraction of sp³-hybridized carbons (Fsp3) is 0.222. The molecule has 1 aliphatic carbocycles. The molecule has 1 saturated carbocycles. The lowest BCUT2D eigenvalue weighted by molar-refractivity contribution is 0.432. The molecule has 1 aliphatic rings. The van der Waals surface area contributed by atoms with Crippen molar-refractivity contribution < 1.29 is 4.52 Å². The van der Waals surface area contributed by atoms with Crippen LogP contribution in [0.5, 0.6) is 0 Å². The number of nitrogens with zero attached hydrogens (tertiary/aromatic N) is 5. The van der Waals surface area contributed by atoms with E-state index in [1.165, 1.54) is 12.8 Å². The van der Waals surface area contributed by atoms with Gasteiger partial charge in [0.25, 0.3) is 5.89 Å². The summed E-state index contributed by atoms with van der Waals surface area (Å²) in [4.78, 5) is 9.36. The van der Waals surface area contributed by atoms with Crippen molar-refractivity contribution in [2.24, 2.45) is 7.05 Å². The molecule has 0 saturated heterocycles. The molecule has 4 aromatic rings. The van der Waals surface area contributed by atoms with Gasteiger partial charge >= 0.3 is 0 Å². The van der Waals surface area contributed by atoms with Crippen LogP contribution in [-0.2, 0) is 7.05 Å². The summed E-state index contributed by atoms with van der Waals surface area (Å²) < 4.78 is 7.27. The number of benzene rings is 1. The average molecular weight is 317 g/mol. The predicted molar refractivity (Wildman–Crippen MR) is 89.2 cm³/mol. The normalized spacial score (nSPS) is 14.4. The van der Waals surface area contributed by atoms with E-state index in [4.69, 9.17) is 9.51 Å². The lowest BCUT2D eigenvalue weighted by atomic mass is 10.1. The molecule has 0 aliphatic heterocycles. The smallest absolute Gasteiger partial charge is 0.258 e. The minimum absolute atomic E-state index is 0.523. The first-order valence-electron chi connectivity index (χ1n) is 8.01. The van der Waals surface area contributed by atoms with Gasteiger partial charge in [0.15, 0.2) is 0 Å². The summed E-state index contributed by atoms with van der Waals surface area (Å²) in [5, 5.41) is 9.30. The number of pyridine rings is 1. The summed E-state index contributed by atoms with van der Waals surface area (Å²) in [5.74, 6) is 1.63. The fourth-order valence-corrected chi connectivity index (χ4v) is 2.95. The molecule has 1 aromatic carbocycles. The maximum absolute atomic E-state index is 5.55. The van der Waals surface area contributed by atoms with Crippen LogP contribution < -0.4 is 0 Å². The maximum atomic E-state index is 5.55. The molecule has 0 bridgehead atoms. The monoisotopic (exact) mass is 317 g/mol. The number of aryl methyl sites for hydroxylation is 1. The van der Waals surface area contributed by atoms with Crippen molar-refractivity contribution >= 4 is 10.9 Å². The summed E-state index contributed by atoms with van der Waals surface area (Å²) in [6, 6.07) is 10.2. The molecular formula is C18H15N5O. The van der Waals surface area contributed by atoms with Crippen LogP contribution in [0.1, 0.15) is 24.5 Å². The van der Waals surface area contributed by atoms with Crippen molar-refractivity contribution in [1.82, 2.24) is 24.9 Å². The van der Waals surface area contributed by atoms with Gasteiger partial charge in [0, 0.05) is 30.2 Å². The van der Waals surface area contributed by atoms with Crippen LogP contribution in [0.25, 0.3) is 33.7 Å². The second-order valence-electron chi connectivity index (χ2n) is 6.21. The molecular weight excluding hydrogens is 302 g/mol. The first-order chi connectivity index (χ1) is 11.8. The summed E-state index contributed by atoms with van der Waals surface area (Å²) in [5.41, 5.74) is 3.88. The predicted octanol–water partition coefficient (Wildman–Crippen LogP) is 3.56. The third kappa shape index (κ3) is 2.19. The van der Waals surface area contributed by atoms with E-state index in [9.17, 15) is 0 Å². The summed E-state index contributed by atoms with van der Waals surface area (Å²) in [6.45, 7) is 0. The van der Waals surface area contributed by atoms with Crippen LogP contribution in [0.3, 0.4) is 0 Å². The largest absolute Gasteiger partial charge is 0.334 e. The van der Waals surface area contributed by atoms with Crippen LogP contribution in [0, 0.1) is 0 Å². The highest BCUT2D eigenvalue weighted by molar-refractivity contribution is 5.92. The Morgan fingerprint density at radius 3 is 2.83 bits per heavy atom. The van der Waals surface area contributed by atoms with E-state index >= 15 is 0 Å². The summed E-state index contributed by atoms with van der Waals surface area (Å²) in [6.07, 6.45) is 6.01. The Morgan fingerprint density at radius 1 is 1.17 bits per heavy atom. The van der Waals surface area contributed by atoms with Crippen molar-refractivity contribution in [1.29, 1.82) is 0 Å². The highest BCUT2D eigenvalue weighted by Gasteiger charge is 2.27. The zero-order valence-electron chi connectivity index (χ0n) is 13.2. The Balaban J connectivity index is 1.67. The molecule has 24 heavy (non-hydrogen) atoms. The van der Waals surface area contributed by atoms with Crippen LogP contribution in [0.4, 0.5) is 0 Å². The SMILES string of the molecule is Cn1cc(-c2noc(-c3cc(C4CC4)nc4ccccc34)n2)cn1. The average Bonchev–Trinajstić information content (AvgIpc) is 3.18. The van der Waals surface area contributed by atoms with Crippen LogP contribution >= 0.6 is 0 Å². The molecule has 0 N–H and O–H groups in total. The molecule has 1 fully saturated rings. The molecule has 118 valence electrons. The molecule has 3 heterocycles. The Hall–Kier alpha value is -3.02. The van der Waals surface area contributed by atoms with E-state index in [1.54, 1.807) is 10.9 Å². The van der Waals surface area contributed by atoms with Gasteiger partial charge in [-0.2, -0.15) is 10.1 Å². The molecule has 3 aromatic heterocycles. The van der Waals surface area contributed by atoms with E-state index in [1.807, 2.05) is 37.5 Å². The molecule has 0 atom stereocenters. The van der Waals surface area contributed by atoms with Crippen LogP contribution in [0.2, 0.25) is 0 Å². The van der Waals surface area contributed by atoms with Gasteiger partial charge < -0.3 is 4.52 Å². The van der Waals surface area contributed by atoms with Crippen LogP contribution in [-0.4, -0.2) is 24.9 Å². The number of aromatic nitrogens is 5. The highest BCUT2D eigenvalue weighted by Crippen LogP contribution is 2.41. The molecule has 5 rings (SSSR count). The quantitative estimate of drug-likeness (QED) is 0.578. The van der Waals surface area contributed by atoms with Crippen molar-refractivity contribution in [3.05, 3.63) is 48.4 Å². The number of rotatable bonds is 3. The standard InChI is InChI=1S/C18H15N5O/c1-23-10-12(9-19-23)17-21-18(24-22-17)14-8-16(11-6-7-11)20-15-5-3-2-4-13(14)15/h2-5,8-11H,6-7H2,1H3. The van der Waals surface area contributed by atoms with Crippen molar-refractivity contribution in [2.45, 2.75) is 18.8 Å². The lowest BCUT2D eigenvalue weighted by Crippen LogP contribution is -1.91. The van der Waals surface area contributed by atoms with E-state index < -0.39 is 0 Å². The highest BCUT2D eigenvalue weighted by atomic mass is 16.5. The summed E-state index contributed by atoms with van der Waals surface area (Å²) in [7, 11) is 1.86. The third-order valence-electron chi connectivity index (χ3n) is 4.35. The third-order valence-corrected chi connectivity index (χ3v) is 4.35. The number of hydrogen-bond acceptors (Lipinski definition) is 5. The molecule has 0 amide bonds. The lowest BCUT2D eigenvalue weighted by Gasteiger charge is -2.05. The fourth-order valence-electron chi connectivity index (χ4n) is 2.95. The second kappa shape index (κ2) is 4.99. The van der Waals surface area contributed by atoms with Gasteiger partial charge in [-0.1, -0.05) is 23.4 Å². The molecule has 6 nitrogen and oxygen atoms in total. The second-order valence-corrected chi connectivity index (χ2v) is 6.21. The van der Waals surface area contributed by atoms with E-state index in [2.05, 4.69) is 21.3 Å². The van der Waals surface area contributed by atoms with Crippen molar-refractivity contribution in [2.75, 3.05) is 0 Å². The van der Waals surface area contributed by atoms with Gasteiger partial charge in [0.2, 0.25) is 5.82 Å². The maximum Gasteiger partial charge on any atom is 0.258 e. The van der Waals surface area contributed by atoms with Gasteiger partial charge in [-0.3, -0.25) is 9.67 Å². The molecule has 0 radical (unpaired) electrons. The van der Waals surface area contributed by atoms with E-state index in [-0.39, 0.29) is 0 Å². The van der Waals surface area contributed by atoms with Gasteiger partial charge in [-0.05, 0) is 25.0 Å². The van der Waals surface area contributed by atoms with E-state index in [0.29, 0.717) is 17.6 Å². The van der Waals surface area contributed by atoms with Gasteiger partial charge in [-0.25, -0.2) is 0 Å². The molecule has 6 heteroatoms. The summed E-state index contributed by atoms with van der Waals surface area (Å²) >= 11 is 0. The van der Waals surface area contributed by atoms with Crippen LogP contribution in [0.15, 0.2) is 47.2 Å². The topological polar surface area (TPSA) is 69.6 Å². The number of hydrogen-bond donors (Lipinski definition) is 0. The van der Waals surface area contributed by atoms with Crippen molar-refractivity contribution in [3.63, 3.8) is 0 Å². The Bertz CT molecular complexity index is 1040. The Kier molecular flexibility index (Phi) is 2.79.